The van der Waals surface area contributed by atoms with Gasteiger partial charge in [-0.05, 0) is 149 Å². The molecule has 5 rings (SSSR count). The fourth-order valence-electron chi connectivity index (χ4n) is 14.8. The Labute approximate surface area is 857 Å². The number of para-hydroxylation sites is 1. The van der Waals surface area contributed by atoms with E-state index in [1.807, 2.05) is 5.32 Å². The van der Waals surface area contributed by atoms with E-state index in [1.54, 1.807) is 72.0 Å². The van der Waals surface area contributed by atoms with E-state index < -0.39 is 304 Å². The Kier molecular flexibility index (Phi) is 51.9. The van der Waals surface area contributed by atoms with Crippen molar-refractivity contribution in [1.82, 2.24) is 106 Å². The maximum atomic E-state index is 14.8. The van der Waals surface area contributed by atoms with Crippen molar-refractivity contribution in [3.8, 4) is 17.2 Å². The molecule has 33 N–H and O–H groups in total. The van der Waals surface area contributed by atoms with Crippen LogP contribution in [0.5, 0.6) is 17.2 Å². The van der Waals surface area contributed by atoms with Crippen LogP contribution < -0.4 is 112 Å². The van der Waals surface area contributed by atoms with Crippen molar-refractivity contribution >= 4 is 135 Å². The summed E-state index contributed by atoms with van der Waals surface area (Å²) in [4.78, 5) is 290. The number of amides is 19. The first-order valence-electron chi connectivity index (χ1n) is 48.4. The molecule has 1 aromatic heterocycles. The largest absolute Gasteiger partial charge is 0.508 e. The third-order valence-electron chi connectivity index (χ3n) is 23.8. The standard InChI is InChI=1S/C97H140N22O30/c1-11-49(5)79(117-90(141)69(38-57-24-30-61(126)31-25-57)111-86(137)65(32-33-78(132)133)110-88(139)66(35-48(3)4)108-75(129)44-103-85(136)64(19-15-16-34-98)107-73(127)40-99)93(144)104-45-76(130)109-70(39-58-41-100-63-18-14-13-17-62(58)63)91(142)118-80(50(6)12-2)94(145)114-71(46-120)92(143)105-51(7)83(134)102-42-74(128)101-43-77(131)116-81(53(9)122)96(147)119-82(54(10)123)95(146)113-68(37-56-22-28-60(125)29-23-56)89(140)112-67(36-55-20-26-59(124)27-21-55)87(138)106-52(8)84(135)115-72(47-121)97(148)149/h13-14,17-18,20-31,41,48-54,64-72,79-82,100,120-126H,11-12,15-16,19,32-40,42-47,98-99H2,1-10H3,(H,101,128)(H,102,134)(H,103,136)(H,104,144)(H,105,143)(H,106,138)(H,107,127)(H,108,129)(H,109,130)(H,110,139)(H,111,137)(H,112,140)(H,113,146)(H,114,145)(H,115,135)(H,116,131)(H,117,141)(H,118,142)(H,119,147)(H,132,133)(H,148,149)/t49-,50-,51-,52-,53+,54+,64-,65-,66-,67-,68-,69-,70-,71-,72-,79-,80-,81-,82-/m0/s1. The van der Waals surface area contributed by atoms with Crippen molar-refractivity contribution < 1.29 is 147 Å². The highest BCUT2D eigenvalue weighted by Gasteiger charge is 2.41. The lowest BCUT2D eigenvalue weighted by molar-refractivity contribution is -0.143. The van der Waals surface area contributed by atoms with Crippen molar-refractivity contribution in [3.63, 3.8) is 0 Å². The normalized spacial score (nSPS) is 15.0. The Morgan fingerprint density at radius 2 is 0.698 bits per heavy atom. The highest BCUT2D eigenvalue weighted by molar-refractivity contribution is 6.02. The van der Waals surface area contributed by atoms with Gasteiger partial charge in [-0.25, -0.2) is 4.79 Å². The average Bonchev–Trinajstić information content (AvgIpc) is 1.72. The summed E-state index contributed by atoms with van der Waals surface area (Å²) in [5.74, 6) is -24.8. The molecule has 0 unspecified atom stereocenters. The fraction of sp³-hybridized carbons (Fsp3) is 0.515. The number of carboxylic acids is 2. The minimum atomic E-state index is -2.00. The van der Waals surface area contributed by atoms with Crippen molar-refractivity contribution in [2.45, 2.75) is 249 Å². The molecule has 0 spiro atoms. The Balaban J connectivity index is 1.24. The van der Waals surface area contributed by atoms with Crippen LogP contribution in [-0.2, 0) is 126 Å². The molecule has 52 heteroatoms. The lowest BCUT2D eigenvalue weighted by atomic mass is 9.96. The number of carbonyl (C=O) groups is 21. The smallest absolute Gasteiger partial charge is 0.328 e. The summed E-state index contributed by atoms with van der Waals surface area (Å²) in [6, 6.07) is -1.44. The van der Waals surface area contributed by atoms with Crippen LogP contribution >= 0.6 is 0 Å². The lowest BCUT2D eigenvalue weighted by Crippen LogP contribution is -2.62. The molecule has 0 fully saturated rings. The van der Waals surface area contributed by atoms with Crippen LogP contribution in [0, 0.1) is 17.8 Å². The summed E-state index contributed by atoms with van der Waals surface area (Å²) < 4.78 is 0. The molecule has 19 atom stereocenters. The van der Waals surface area contributed by atoms with Crippen molar-refractivity contribution in [2.24, 2.45) is 29.2 Å². The van der Waals surface area contributed by atoms with Gasteiger partial charge in [-0.3, -0.25) is 95.9 Å². The van der Waals surface area contributed by atoms with E-state index in [0.29, 0.717) is 52.5 Å². The number of aliphatic carboxylic acids is 2. The van der Waals surface area contributed by atoms with E-state index in [0.717, 1.165) is 20.8 Å². The maximum absolute atomic E-state index is 14.8. The predicted molar refractivity (Wildman–Crippen MR) is 532 cm³/mol. The Morgan fingerprint density at radius 3 is 1.17 bits per heavy atom. The number of rotatable bonds is 64. The van der Waals surface area contributed by atoms with Crippen LogP contribution in [0.4, 0.5) is 0 Å². The molecule has 0 radical (unpaired) electrons. The fourth-order valence-corrected chi connectivity index (χ4v) is 14.8. The van der Waals surface area contributed by atoms with E-state index >= 15 is 0 Å². The quantitative estimate of drug-likeness (QED) is 0.0161. The number of nitrogens with one attached hydrogen (secondary N) is 20. The third kappa shape index (κ3) is 42.4. The number of hydrogen-bond donors (Lipinski definition) is 31. The molecule has 0 saturated heterocycles. The summed E-state index contributed by atoms with van der Waals surface area (Å²) in [5, 5.41) is 137. The number of H-pyrrole nitrogens is 1. The van der Waals surface area contributed by atoms with Crippen LogP contribution in [0.1, 0.15) is 143 Å². The van der Waals surface area contributed by atoms with Gasteiger partial charge in [-0.1, -0.05) is 109 Å². The first kappa shape index (κ1) is 124. The predicted octanol–water partition coefficient (Wildman–Crippen LogP) is -7.75. The molecule has 0 aliphatic heterocycles. The van der Waals surface area contributed by atoms with E-state index in [2.05, 4.69) is 101 Å². The summed E-state index contributed by atoms with van der Waals surface area (Å²) in [6.45, 7) is 8.71. The number of aliphatic hydroxyl groups excluding tert-OH is 4. The maximum Gasteiger partial charge on any atom is 0.328 e. The number of carboxylic acid groups (broad SMARTS) is 2. The number of nitrogens with two attached hydrogens (primary N) is 2. The Hall–Kier alpha value is -15.5. The number of phenolic OH excluding ortho intramolecular Hbond substituents is 3. The molecule has 4 aromatic carbocycles. The third-order valence-corrected chi connectivity index (χ3v) is 23.8. The van der Waals surface area contributed by atoms with Gasteiger partial charge in [0.2, 0.25) is 112 Å². The second kappa shape index (κ2) is 62.4. The van der Waals surface area contributed by atoms with Crippen LogP contribution in [-0.4, -0.2) is 330 Å². The zero-order valence-corrected chi connectivity index (χ0v) is 84.3. The van der Waals surface area contributed by atoms with Gasteiger partial charge in [0.25, 0.3) is 0 Å². The summed E-state index contributed by atoms with van der Waals surface area (Å²) in [7, 11) is 0. The first-order valence-corrected chi connectivity index (χ1v) is 48.4. The SMILES string of the molecule is CC[C@H](C)[C@H](NC(=O)[C@H](Cc1ccc(O)cc1)NC(=O)[C@H](CCC(=O)O)NC(=O)[C@H](CC(C)C)NC(=O)CNC(=O)[C@H](CCCCN)NC(=O)CN)C(=O)NCC(=O)N[C@@H](Cc1c[nH]c2ccccc12)C(=O)N[C@H](C(=O)N[C@@H](CO)C(=O)N[C@@H](C)C(=O)NCC(=O)NCC(=O)N[C@H](C(=O)N[C@H](C(=O)N[C@@H](Cc1ccc(O)cc1)C(=O)N[C@@H](Cc1ccc(O)cc1)C(=O)N[C@@H](C)C(=O)N[C@@H](CO)C(=O)O)[C@@H](C)O)[C@@H](C)O)[C@@H](C)CC. The summed E-state index contributed by atoms with van der Waals surface area (Å²) in [6.07, 6.45) is -3.21. The van der Waals surface area contributed by atoms with Gasteiger partial charge in [-0.15, -0.1) is 0 Å². The highest BCUT2D eigenvalue weighted by Crippen LogP contribution is 2.23. The number of unbranched alkanes of at least 4 members (excludes halogenated alkanes) is 1. The number of phenols is 3. The van der Waals surface area contributed by atoms with Crippen LogP contribution in [0.25, 0.3) is 10.9 Å². The van der Waals surface area contributed by atoms with Gasteiger partial charge in [0.15, 0.2) is 0 Å². The van der Waals surface area contributed by atoms with Crippen LogP contribution in [0.2, 0.25) is 0 Å². The summed E-state index contributed by atoms with van der Waals surface area (Å²) in [5.41, 5.74) is 13.1. The number of aliphatic hydroxyl groups is 4. The zero-order chi connectivity index (χ0) is 111. The van der Waals surface area contributed by atoms with Crippen LogP contribution in [0.3, 0.4) is 0 Å². The molecule has 0 saturated carbocycles. The Morgan fingerprint density at radius 1 is 0.336 bits per heavy atom. The molecule has 0 bridgehead atoms. The van der Waals surface area contributed by atoms with Crippen molar-refractivity contribution in [2.75, 3.05) is 52.5 Å². The number of aromatic amines is 1. The topological polar surface area (TPSA) is 837 Å². The number of benzene rings is 4. The number of carbonyl (C=O) groups excluding carboxylic acids is 19. The minimum absolute atomic E-state index is 0.0482. The molecule has 149 heavy (non-hydrogen) atoms. The highest BCUT2D eigenvalue weighted by atomic mass is 16.4. The molecule has 0 aliphatic rings. The number of aromatic nitrogens is 1. The molecule has 1 heterocycles. The molecule has 0 aliphatic carbocycles. The molecule has 52 nitrogen and oxygen atoms in total. The van der Waals surface area contributed by atoms with Gasteiger partial charge in [-0.2, -0.15) is 0 Å². The molecule has 818 valence electrons. The van der Waals surface area contributed by atoms with Gasteiger partial charge in [0, 0.05) is 49.2 Å². The summed E-state index contributed by atoms with van der Waals surface area (Å²) >= 11 is 0. The van der Waals surface area contributed by atoms with Crippen molar-refractivity contribution in [3.05, 3.63) is 126 Å². The van der Waals surface area contributed by atoms with E-state index in [1.165, 1.54) is 79.7 Å². The van der Waals surface area contributed by atoms with Gasteiger partial charge >= 0.3 is 11.9 Å². The van der Waals surface area contributed by atoms with E-state index in [-0.39, 0.29) is 68.1 Å². The number of aromatic hydroxyl groups is 3. The lowest BCUT2D eigenvalue weighted by Gasteiger charge is -2.29. The molecular formula is C97H140N22O30. The van der Waals surface area contributed by atoms with Crippen molar-refractivity contribution in [1.29, 1.82) is 0 Å². The van der Waals surface area contributed by atoms with Gasteiger partial charge in [0.05, 0.1) is 58.1 Å². The average molecular weight is 2090 g/mol. The zero-order valence-electron chi connectivity index (χ0n) is 84.3. The van der Waals surface area contributed by atoms with E-state index in [9.17, 15) is 147 Å². The first-order chi connectivity index (χ1) is 70.4. The van der Waals surface area contributed by atoms with Gasteiger partial charge < -0.3 is 163 Å². The molecular weight excluding hydrogens is 1950 g/mol. The Bertz CT molecular complexity index is 5420. The van der Waals surface area contributed by atoms with E-state index in [4.69, 9.17) is 11.5 Å². The van der Waals surface area contributed by atoms with Gasteiger partial charge in [0.1, 0.15) is 108 Å². The molecule has 19 amide bonds. The second-order valence-electron chi connectivity index (χ2n) is 36.3. The molecule has 5 aromatic rings. The monoisotopic (exact) mass is 2090 g/mol. The second-order valence-corrected chi connectivity index (χ2v) is 36.3. The minimum Gasteiger partial charge on any atom is -0.508 e. The van der Waals surface area contributed by atoms with Crippen LogP contribution in [0.15, 0.2) is 103 Å². The number of hydrogen-bond acceptors (Lipinski definition) is 30. The number of fused-ring (bicyclic) bond motifs is 1.